The van der Waals surface area contributed by atoms with Gasteiger partial charge in [-0.05, 0) is 0 Å². The second-order valence-electron chi connectivity index (χ2n) is 4.33. The van der Waals surface area contributed by atoms with E-state index < -0.39 is 10.0 Å². The highest BCUT2D eigenvalue weighted by atomic mass is 32.2. The van der Waals surface area contributed by atoms with Crippen LogP contribution in [0.3, 0.4) is 0 Å². The van der Waals surface area contributed by atoms with Gasteiger partial charge in [-0.2, -0.15) is 9.40 Å². The number of hydrogen-bond acceptors (Lipinski definition) is 4. The molecule has 0 aliphatic heterocycles. The fourth-order valence-electron chi connectivity index (χ4n) is 1.40. The quantitative estimate of drug-likeness (QED) is 0.717. The molecule has 6 nitrogen and oxygen atoms in total. The third-order valence-corrected chi connectivity index (χ3v) is 4.27. The number of rotatable bonds is 7. The van der Waals surface area contributed by atoms with Gasteiger partial charge in [0.1, 0.15) is 0 Å². The van der Waals surface area contributed by atoms with E-state index in [2.05, 4.69) is 22.1 Å². The summed E-state index contributed by atoms with van der Waals surface area (Å²) in [4.78, 5) is 0. The topological polar surface area (TPSA) is 78.1 Å². The van der Waals surface area contributed by atoms with Crippen molar-refractivity contribution in [2.24, 2.45) is 0 Å². The van der Waals surface area contributed by atoms with Gasteiger partial charge in [-0.25, -0.2) is 8.42 Å². The Labute approximate surface area is 108 Å². The van der Waals surface area contributed by atoms with Crippen molar-refractivity contribution in [1.82, 2.24) is 19.8 Å². The number of hydrogen-bond donors (Lipinski definition) is 2. The van der Waals surface area contributed by atoms with Crippen LogP contribution >= 0.6 is 0 Å². The Morgan fingerprint density at radius 3 is 2.83 bits per heavy atom. The minimum atomic E-state index is -3.53. The minimum absolute atomic E-state index is 0.139. The molecule has 0 aliphatic rings. The van der Waals surface area contributed by atoms with E-state index in [4.69, 9.17) is 0 Å². The summed E-state index contributed by atoms with van der Waals surface area (Å²) >= 11 is 0. The third kappa shape index (κ3) is 3.41. The van der Waals surface area contributed by atoms with Crippen molar-refractivity contribution in [2.75, 3.05) is 13.6 Å². The molecule has 0 saturated heterocycles. The zero-order valence-corrected chi connectivity index (χ0v) is 11.8. The first-order valence-electron chi connectivity index (χ1n) is 5.72. The molecule has 2 N–H and O–H groups in total. The molecule has 0 spiro atoms. The highest BCUT2D eigenvalue weighted by Gasteiger charge is 2.24. The van der Waals surface area contributed by atoms with E-state index in [0.29, 0.717) is 12.1 Å². The lowest BCUT2D eigenvalue weighted by atomic mass is 10.3. The minimum Gasteiger partial charge on any atom is -0.310 e. The van der Waals surface area contributed by atoms with Crippen LogP contribution in [0.5, 0.6) is 0 Å². The Hall–Kier alpha value is -1.18. The molecule has 1 rings (SSSR count). The molecule has 0 atom stereocenters. The zero-order valence-electron chi connectivity index (χ0n) is 11.0. The number of nitrogens with zero attached hydrogens (tertiary/aromatic N) is 2. The van der Waals surface area contributed by atoms with Gasteiger partial charge in [0, 0.05) is 31.7 Å². The molecule has 0 radical (unpaired) electrons. The SMILES string of the molecule is C=CCN(C)S(=O)(=O)c1[nH]ncc1CNC(C)C. The first-order chi connectivity index (χ1) is 8.39. The van der Waals surface area contributed by atoms with Crippen molar-refractivity contribution in [1.29, 1.82) is 0 Å². The van der Waals surface area contributed by atoms with Gasteiger partial charge in [0.2, 0.25) is 0 Å². The van der Waals surface area contributed by atoms with E-state index in [1.807, 2.05) is 13.8 Å². The Morgan fingerprint density at radius 2 is 2.28 bits per heavy atom. The summed E-state index contributed by atoms with van der Waals surface area (Å²) in [5.74, 6) is 0. The summed E-state index contributed by atoms with van der Waals surface area (Å²) in [5.41, 5.74) is 0.639. The number of nitrogens with one attached hydrogen (secondary N) is 2. The number of likely N-dealkylation sites (N-methyl/N-ethyl adjacent to an activating group) is 1. The predicted octanol–water partition coefficient (Wildman–Crippen LogP) is 0.714. The molecule has 0 bridgehead atoms. The van der Waals surface area contributed by atoms with Crippen LogP contribution in [0.25, 0.3) is 0 Å². The summed E-state index contributed by atoms with van der Waals surface area (Å²) in [7, 11) is -2.02. The fourth-order valence-corrected chi connectivity index (χ4v) is 2.64. The van der Waals surface area contributed by atoms with Crippen LogP contribution in [0, 0.1) is 0 Å². The summed E-state index contributed by atoms with van der Waals surface area (Å²) in [6.45, 7) is 8.25. The molecule has 18 heavy (non-hydrogen) atoms. The van der Waals surface area contributed by atoms with E-state index >= 15 is 0 Å². The standard InChI is InChI=1S/C11H20N4O2S/c1-5-6-15(4)18(16,17)11-10(8-13-14-11)7-12-9(2)3/h5,8-9,12H,1,6-7H2,2-4H3,(H,13,14). The van der Waals surface area contributed by atoms with Gasteiger partial charge in [-0.3, -0.25) is 5.10 Å². The predicted molar refractivity (Wildman–Crippen MR) is 70.6 cm³/mol. The van der Waals surface area contributed by atoms with Gasteiger partial charge >= 0.3 is 0 Å². The van der Waals surface area contributed by atoms with Crippen molar-refractivity contribution in [3.63, 3.8) is 0 Å². The molecule has 0 fully saturated rings. The molecule has 1 aromatic rings. The van der Waals surface area contributed by atoms with E-state index in [1.165, 1.54) is 17.5 Å². The molecule has 0 amide bonds. The molecular weight excluding hydrogens is 252 g/mol. The Kier molecular flexibility index (Phi) is 5.06. The Morgan fingerprint density at radius 1 is 1.61 bits per heavy atom. The van der Waals surface area contributed by atoms with Gasteiger partial charge in [-0.1, -0.05) is 19.9 Å². The van der Waals surface area contributed by atoms with Crippen molar-refractivity contribution in [3.05, 3.63) is 24.4 Å². The van der Waals surface area contributed by atoms with Gasteiger partial charge in [0.05, 0.1) is 6.20 Å². The van der Waals surface area contributed by atoms with E-state index in [0.717, 1.165) is 0 Å². The normalized spacial score (nSPS) is 12.3. The largest absolute Gasteiger partial charge is 0.310 e. The monoisotopic (exact) mass is 272 g/mol. The van der Waals surface area contributed by atoms with Crippen LogP contribution in [-0.2, 0) is 16.6 Å². The van der Waals surface area contributed by atoms with Crippen molar-refractivity contribution in [2.45, 2.75) is 31.5 Å². The van der Waals surface area contributed by atoms with Gasteiger partial charge < -0.3 is 5.32 Å². The first-order valence-corrected chi connectivity index (χ1v) is 7.16. The highest BCUT2D eigenvalue weighted by molar-refractivity contribution is 7.89. The molecule has 0 unspecified atom stereocenters. The smallest absolute Gasteiger partial charge is 0.260 e. The second kappa shape index (κ2) is 6.12. The van der Waals surface area contributed by atoms with Gasteiger partial charge in [-0.15, -0.1) is 6.58 Å². The van der Waals surface area contributed by atoms with E-state index in [9.17, 15) is 8.42 Å². The van der Waals surface area contributed by atoms with Crippen molar-refractivity contribution >= 4 is 10.0 Å². The summed E-state index contributed by atoms with van der Waals surface area (Å²) in [6, 6.07) is 0.279. The zero-order chi connectivity index (χ0) is 13.8. The van der Waals surface area contributed by atoms with Crippen LogP contribution < -0.4 is 5.32 Å². The van der Waals surface area contributed by atoms with Crippen LogP contribution in [0.2, 0.25) is 0 Å². The molecule has 0 aromatic carbocycles. The lowest BCUT2D eigenvalue weighted by Gasteiger charge is -2.15. The van der Waals surface area contributed by atoms with E-state index in [1.54, 1.807) is 6.08 Å². The van der Waals surface area contributed by atoms with Crippen molar-refractivity contribution in [3.8, 4) is 0 Å². The summed E-state index contributed by atoms with van der Waals surface area (Å²) in [5, 5.41) is 9.67. The lowest BCUT2D eigenvalue weighted by Crippen LogP contribution is -2.29. The summed E-state index contributed by atoms with van der Waals surface area (Å²) < 4.78 is 25.7. The van der Waals surface area contributed by atoms with Crippen LogP contribution in [-0.4, -0.2) is 42.6 Å². The van der Waals surface area contributed by atoms with Gasteiger partial charge in [0.15, 0.2) is 5.03 Å². The maximum Gasteiger partial charge on any atom is 0.260 e. The first kappa shape index (κ1) is 14.9. The Bertz CT molecular complexity index is 493. The molecular formula is C11H20N4O2S. The van der Waals surface area contributed by atoms with Crippen LogP contribution in [0.4, 0.5) is 0 Å². The lowest BCUT2D eigenvalue weighted by molar-refractivity contribution is 0.492. The fraction of sp³-hybridized carbons (Fsp3) is 0.545. The van der Waals surface area contributed by atoms with Gasteiger partial charge in [0.25, 0.3) is 10.0 Å². The molecule has 1 aromatic heterocycles. The molecule has 0 saturated carbocycles. The van der Waals surface area contributed by atoms with Crippen LogP contribution in [0.1, 0.15) is 19.4 Å². The molecule has 0 aliphatic carbocycles. The maximum absolute atomic E-state index is 12.2. The molecule has 7 heteroatoms. The maximum atomic E-state index is 12.2. The number of sulfonamides is 1. The second-order valence-corrected chi connectivity index (χ2v) is 6.32. The number of aromatic amines is 1. The number of aromatic nitrogens is 2. The third-order valence-electron chi connectivity index (χ3n) is 2.43. The molecule has 1 heterocycles. The summed E-state index contributed by atoms with van der Waals surface area (Å²) in [6.07, 6.45) is 3.07. The Balaban J connectivity index is 2.95. The van der Waals surface area contributed by atoms with Crippen molar-refractivity contribution < 1.29 is 8.42 Å². The molecule has 102 valence electrons. The van der Waals surface area contributed by atoms with E-state index in [-0.39, 0.29) is 17.6 Å². The highest BCUT2D eigenvalue weighted by Crippen LogP contribution is 2.16. The average Bonchev–Trinajstić information content (AvgIpc) is 2.75. The van der Waals surface area contributed by atoms with Crippen LogP contribution in [0.15, 0.2) is 23.9 Å². The average molecular weight is 272 g/mol. The number of H-pyrrole nitrogens is 1.